The highest BCUT2D eigenvalue weighted by Crippen LogP contribution is 2.29. The van der Waals surface area contributed by atoms with E-state index in [2.05, 4.69) is 20.8 Å². The highest BCUT2D eigenvalue weighted by Gasteiger charge is 2.38. The third-order valence-electron chi connectivity index (χ3n) is 6.19. The fourth-order valence-electron chi connectivity index (χ4n) is 4.14. The van der Waals surface area contributed by atoms with Gasteiger partial charge < -0.3 is 15.3 Å². The molecule has 0 aliphatic carbocycles. The van der Waals surface area contributed by atoms with Gasteiger partial charge in [0.1, 0.15) is 6.10 Å². The molecule has 2 unspecified atom stereocenters. The average molecular weight is 401 g/mol. The van der Waals surface area contributed by atoms with Gasteiger partial charge in [0.05, 0.1) is 11.7 Å². The van der Waals surface area contributed by atoms with Gasteiger partial charge in [-0.25, -0.2) is 0 Å². The van der Waals surface area contributed by atoms with E-state index in [1.54, 1.807) is 0 Å². The Balaban J connectivity index is 4.29. The molecule has 3 nitrogen and oxygen atoms in total. The van der Waals surface area contributed by atoms with Crippen LogP contribution < -0.4 is 0 Å². The quantitative estimate of drug-likeness (QED) is 0.183. The normalized spacial score (nSPS) is 14.4. The van der Waals surface area contributed by atoms with Crippen molar-refractivity contribution < 1.29 is 15.3 Å². The van der Waals surface area contributed by atoms with Gasteiger partial charge in [-0.3, -0.25) is 0 Å². The van der Waals surface area contributed by atoms with E-state index in [0.717, 1.165) is 38.5 Å². The smallest absolute Gasteiger partial charge is 0.108 e. The summed E-state index contributed by atoms with van der Waals surface area (Å²) in [6, 6.07) is 0. The van der Waals surface area contributed by atoms with Crippen LogP contribution in [-0.4, -0.2) is 33.1 Å². The third-order valence-corrected chi connectivity index (χ3v) is 6.19. The van der Waals surface area contributed by atoms with E-state index in [4.69, 9.17) is 0 Å². The molecule has 3 N–H and O–H groups in total. The van der Waals surface area contributed by atoms with Gasteiger partial charge in [-0.2, -0.15) is 0 Å². The second-order valence-electron chi connectivity index (χ2n) is 9.00. The summed E-state index contributed by atoms with van der Waals surface area (Å²) in [7, 11) is 0. The standard InChI is InChI=1S/C25H52O3/c1-4-7-10-13-14-15-16-17-20-23(26)24(27)25(28,21-18-11-8-5-2)22-19-12-9-6-3/h23-24,26-28H,4-22H2,1-3H3. The lowest BCUT2D eigenvalue weighted by molar-refractivity contribution is -0.136. The van der Waals surface area contributed by atoms with Crippen molar-refractivity contribution in [2.75, 3.05) is 0 Å². The minimum absolute atomic E-state index is 0.600. The van der Waals surface area contributed by atoms with Crippen molar-refractivity contribution in [3.8, 4) is 0 Å². The Bertz CT molecular complexity index is 307. The van der Waals surface area contributed by atoms with Gasteiger partial charge in [0.2, 0.25) is 0 Å². The molecule has 0 saturated heterocycles. The molecule has 0 aliphatic rings. The molecule has 0 bridgehead atoms. The van der Waals surface area contributed by atoms with Crippen molar-refractivity contribution in [1.29, 1.82) is 0 Å². The molecule has 0 amide bonds. The maximum Gasteiger partial charge on any atom is 0.108 e. The first-order chi connectivity index (χ1) is 13.5. The molecule has 0 heterocycles. The van der Waals surface area contributed by atoms with Crippen LogP contribution in [-0.2, 0) is 0 Å². The van der Waals surface area contributed by atoms with Crippen molar-refractivity contribution in [3.63, 3.8) is 0 Å². The Morgan fingerprint density at radius 1 is 0.536 bits per heavy atom. The first-order valence-electron chi connectivity index (χ1n) is 12.6. The first kappa shape index (κ1) is 27.9. The van der Waals surface area contributed by atoms with Crippen LogP contribution in [0.2, 0.25) is 0 Å². The zero-order valence-corrected chi connectivity index (χ0v) is 19.4. The van der Waals surface area contributed by atoms with Gasteiger partial charge in [-0.1, -0.05) is 124 Å². The van der Waals surface area contributed by atoms with E-state index >= 15 is 0 Å². The molecule has 0 aromatic rings. The van der Waals surface area contributed by atoms with E-state index in [1.165, 1.54) is 64.2 Å². The molecule has 2 atom stereocenters. The molecular weight excluding hydrogens is 348 g/mol. The van der Waals surface area contributed by atoms with Crippen molar-refractivity contribution >= 4 is 0 Å². The third kappa shape index (κ3) is 14.0. The van der Waals surface area contributed by atoms with E-state index in [1.807, 2.05) is 0 Å². The summed E-state index contributed by atoms with van der Waals surface area (Å²) >= 11 is 0. The van der Waals surface area contributed by atoms with Crippen LogP contribution in [0.3, 0.4) is 0 Å². The van der Waals surface area contributed by atoms with E-state index in [0.29, 0.717) is 19.3 Å². The molecule has 0 aromatic carbocycles. The minimum atomic E-state index is -1.12. The monoisotopic (exact) mass is 400 g/mol. The lowest BCUT2D eigenvalue weighted by atomic mass is 9.81. The molecule has 0 aromatic heterocycles. The van der Waals surface area contributed by atoms with Gasteiger partial charge in [-0.15, -0.1) is 0 Å². The predicted molar refractivity (Wildman–Crippen MR) is 122 cm³/mol. The van der Waals surface area contributed by atoms with Crippen LogP contribution in [0.4, 0.5) is 0 Å². The Kier molecular flexibility index (Phi) is 18.8. The second kappa shape index (κ2) is 18.9. The summed E-state index contributed by atoms with van der Waals surface area (Å²) < 4.78 is 0. The molecule has 0 radical (unpaired) electrons. The maximum absolute atomic E-state index is 11.2. The van der Waals surface area contributed by atoms with Crippen molar-refractivity contribution in [2.45, 2.75) is 161 Å². The largest absolute Gasteiger partial charge is 0.390 e. The van der Waals surface area contributed by atoms with Gasteiger partial charge >= 0.3 is 0 Å². The van der Waals surface area contributed by atoms with E-state index in [-0.39, 0.29) is 0 Å². The summed E-state index contributed by atoms with van der Waals surface area (Å²) in [5.74, 6) is 0. The highest BCUT2D eigenvalue weighted by atomic mass is 16.4. The lowest BCUT2D eigenvalue weighted by Crippen LogP contribution is -2.49. The molecular formula is C25H52O3. The summed E-state index contributed by atoms with van der Waals surface area (Å²) in [6.07, 6.45) is 18.5. The summed E-state index contributed by atoms with van der Waals surface area (Å²) in [6.45, 7) is 6.60. The number of unbranched alkanes of at least 4 members (excludes halogenated alkanes) is 13. The minimum Gasteiger partial charge on any atom is -0.390 e. The summed E-state index contributed by atoms with van der Waals surface area (Å²) in [5.41, 5.74) is -1.12. The zero-order valence-electron chi connectivity index (χ0n) is 19.4. The van der Waals surface area contributed by atoms with Crippen molar-refractivity contribution in [2.24, 2.45) is 0 Å². The molecule has 0 aliphatic heterocycles. The molecule has 0 rings (SSSR count). The highest BCUT2D eigenvalue weighted by molar-refractivity contribution is 4.90. The number of aliphatic hydroxyl groups is 3. The topological polar surface area (TPSA) is 60.7 Å². The summed E-state index contributed by atoms with van der Waals surface area (Å²) in [5, 5.41) is 32.4. The molecule has 0 saturated carbocycles. The SMILES string of the molecule is CCCCCCCCCCC(O)C(O)C(O)(CCCCCC)CCCCCC. The van der Waals surface area contributed by atoms with E-state index < -0.39 is 17.8 Å². The number of hydrogen-bond donors (Lipinski definition) is 3. The van der Waals surface area contributed by atoms with Crippen LogP contribution in [0.1, 0.15) is 143 Å². The lowest BCUT2D eigenvalue weighted by Gasteiger charge is -2.36. The Labute approximate surface area is 176 Å². The molecule has 3 heteroatoms. The summed E-state index contributed by atoms with van der Waals surface area (Å²) in [4.78, 5) is 0. The van der Waals surface area contributed by atoms with Crippen molar-refractivity contribution in [1.82, 2.24) is 0 Å². The fraction of sp³-hybridized carbons (Fsp3) is 1.00. The van der Waals surface area contributed by atoms with Gasteiger partial charge in [0.15, 0.2) is 0 Å². The number of hydrogen-bond acceptors (Lipinski definition) is 3. The number of aliphatic hydroxyl groups excluding tert-OH is 2. The van der Waals surface area contributed by atoms with Crippen LogP contribution in [0.15, 0.2) is 0 Å². The zero-order chi connectivity index (χ0) is 21.1. The van der Waals surface area contributed by atoms with Gasteiger partial charge in [0, 0.05) is 0 Å². The molecule has 28 heavy (non-hydrogen) atoms. The predicted octanol–water partition coefficient (Wildman–Crippen LogP) is 6.91. The van der Waals surface area contributed by atoms with Crippen LogP contribution in [0.5, 0.6) is 0 Å². The van der Waals surface area contributed by atoms with E-state index in [9.17, 15) is 15.3 Å². The van der Waals surface area contributed by atoms with Gasteiger partial charge in [-0.05, 0) is 19.3 Å². The molecule has 170 valence electrons. The van der Waals surface area contributed by atoms with Crippen LogP contribution in [0, 0.1) is 0 Å². The first-order valence-corrected chi connectivity index (χ1v) is 12.6. The Morgan fingerprint density at radius 2 is 0.893 bits per heavy atom. The van der Waals surface area contributed by atoms with Crippen molar-refractivity contribution in [3.05, 3.63) is 0 Å². The van der Waals surface area contributed by atoms with Gasteiger partial charge in [0.25, 0.3) is 0 Å². The molecule has 0 fully saturated rings. The molecule has 0 spiro atoms. The second-order valence-corrected chi connectivity index (χ2v) is 9.00. The fourth-order valence-corrected chi connectivity index (χ4v) is 4.14. The maximum atomic E-state index is 11.2. The Morgan fingerprint density at radius 3 is 1.32 bits per heavy atom. The Hall–Kier alpha value is -0.120. The van der Waals surface area contributed by atoms with Crippen LogP contribution >= 0.6 is 0 Å². The van der Waals surface area contributed by atoms with Crippen LogP contribution in [0.25, 0.3) is 0 Å². The average Bonchev–Trinajstić information content (AvgIpc) is 2.70. The number of rotatable bonds is 21.